The Kier molecular flexibility index (Phi) is 5.27. The van der Waals surface area contributed by atoms with Crippen molar-refractivity contribution in [2.75, 3.05) is 37.6 Å². The second kappa shape index (κ2) is 7.25. The Morgan fingerprint density at radius 1 is 1.17 bits per heavy atom. The molecule has 0 N–H and O–H groups in total. The van der Waals surface area contributed by atoms with E-state index < -0.39 is 11.9 Å². The molecule has 3 heterocycles. The van der Waals surface area contributed by atoms with Gasteiger partial charge in [-0.2, -0.15) is 13.2 Å². The summed E-state index contributed by atoms with van der Waals surface area (Å²) >= 11 is 0. The van der Waals surface area contributed by atoms with Crippen LogP contribution >= 0.6 is 0 Å². The van der Waals surface area contributed by atoms with Crippen LogP contribution < -0.4 is 4.90 Å². The molecular formula is C17H25F3N4. The van der Waals surface area contributed by atoms with Crippen LogP contribution in [0.2, 0.25) is 0 Å². The highest BCUT2D eigenvalue weighted by Crippen LogP contribution is 2.29. The monoisotopic (exact) mass is 342 g/mol. The van der Waals surface area contributed by atoms with E-state index in [1.165, 1.54) is 19.0 Å². The quantitative estimate of drug-likeness (QED) is 0.842. The molecule has 1 aromatic rings. The summed E-state index contributed by atoms with van der Waals surface area (Å²) < 4.78 is 38.5. The zero-order valence-electron chi connectivity index (χ0n) is 14.1. The first kappa shape index (κ1) is 17.5. The summed E-state index contributed by atoms with van der Waals surface area (Å²) in [6, 6.07) is 0.930. The molecule has 1 atom stereocenters. The second-order valence-electron chi connectivity index (χ2n) is 7.18. The van der Waals surface area contributed by atoms with Gasteiger partial charge in [-0.05, 0) is 56.7 Å². The van der Waals surface area contributed by atoms with Gasteiger partial charge in [-0.3, -0.25) is 0 Å². The number of hydrogen-bond acceptors (Lipinski definition) is 4. The fourth-order valence-corrected chi connectivity index (χ4v) is 3.66. The predicted molar refractivity (Wildman–Crippen MR) is 86.8 cm³/mol. The third kappa shape index (κ3) is 4.37. The minimum Gasteiger partial charge on any atom is -0.340 e. The number of likely N-dealkylation sites (tertiary alicyclic amines) is 1. The van der Waals surface area contributed by atoms with Gasteiger partial charge in [-0.15, -0.1) is 0 Å². The summed E-state index contributed by atoms with van der Waals surface area (Å²) in [6.45, 7) is 7.07. The number of anilines is 1. The first-order valence-corrected chi connectivity index (χ1v) is 8.79. The molecule has 1 unspecified atom stereocenters. The van der Waals surface area contributed by atoms with Gasteiger partial charge in [0.05, 0.1) is 0 Å². The summed E-state index contributed by atoms with van der Waals surface area (Å²) in [5.41, 5.74) is -0.861. The number of rotatable bonds is 3. The lowest BCUT2D eigenvalue weighted by molar-refractivity contribution is -0.141. The highest BCUT2D eigenvalue weighted by atomic mass is 19.4. The molecule has 1 aromatic heterocycles. The van der Waals surface area contributed by atoms with Crippen LogP contribution in [0, 0.1) is 11.8 Å². The van der Waals surface area contributed by atoms with Crippen LogP contribution in [-0.4, -0.2) is 47.6 Å². The fraction of sp³-hybridized carbons (Fsp3) is 0.765. The molecule has 2 saturated heterocycles. The van der Waals surface area contributed by atoms with Gasteiger partial charge in [0.1, 0.15) is 5.69 Å². The molecule has 0 aromatic carbocycles. The number of alkyl halides is 3. The van der Waals surface area contributed by atoms with E-state index >= 15 is 0 Å². The molecule has 7 heteroatoms. The van der Waals surface area contributed by atoms with Crippen LogP contribution in [0.3, 0.4) is 0 Å². The van der Waals surface area contributed by atoms with Gasteiger partial charge in [-0.1, -0.05) is 6.92 Å². The van der Waals surface area contributed by atoms with Gasteiger partial charge in [0, 0.05) is 25.8 Å². The van der Waals surface area contributed by atoms with Crippen LogP contribution in [0.1, 0.15) is 38.3 Å². The third-order valence-electron chi connectivity index (χ3n) is 5.13. The Bertz CT molecular complexity index is 541. The SMILES string of the molecule is CC1CCN(CC2CCCN(c3nccc(C(F)(F)F)n3)C2)CC1. The molecule has 4 nitrogen and oxygen atoms in total. The van der Waals surface area contributed by atoms with Crippen molar-refractivity contribution in [1.29, 1.82) is 0 Å². The molecule has 2 fully saturated rings. The Hall–Kier alpha value is -1.37. The van der Waals surface area contributed by atoms with Crippen LogP contribution in [0.5, 0.6) is 0 Å². The maximum absolute atomic E-state index is 12.8. The molecule has 0 aliphatic carbocycles. The normalized spacial score (nSPS) is 24.3. The van der Waals surface area contributed by atoms with E-state index in [9.17, 15) is 13.2 Å². The lowest BCUT2D eigenvalue weighted by Gasteiger charge is -2.37. The number of halogens is 3. The molecule has 0 saturated carbocycles. The largest absolute Gasteiger partial charge is 0.433 e. The van der Waals surface area contributed by atoms with Crippen molar-refractivity contribution >= 4 is 5.95 Å². The van der Waals surface area contributed by atoms with E-state index in [1.54, 1.807) is 0 Å². The molecular weight excluding hydrogens is 317 g/mol. The summed E-state index contributed by atoms with van der Waals surface area (Å²) in [5.74, 6) is 1.50. The van der Waals surface area contributed by atoms with Crippen molar-refractivity contribution in [3.05, 3.63) is 18.0 Å². The molecule has 0 amide bonds. The Labute approximate surface area is 141 Å². The smallest absolute Gasteiger partial charge is 0.340 e. The first-order valence-electron chi connectivity index (χ1n) is 8.79. The minimum absolute atomic E-state index is 0.210. The van der Waals surface area contributed by atoms with E-state index in [0.29, 0.717) is 5.92 Å². The van der Waals surface area contributed by atoms with E-state index in [0.717, 1.165) is 57.5 Å². The van der Waals surface area contributed by atoms with Crippen molar-refractivity contribution in [3.63, 3.8) is 0 Å². The second-order valence-corrected chi connectivity index (χ2v) is 7.18. The summed E-state index contributed by atoms with van der Waals surface area (Å²) in [6.07, 6.45) is 1.38. The van der Waals surface area contributed by atoms with Crippen molar-refractivity contribution < 1.29 is 13.2 Å². The van der Waals surface area contributed by atoms with Crippen LogP contribution in [0.4, 0.5) is 19.1 Å². The summed E-state index contributed by atoms with van der Waals surface area (Å²) in [7, 11) is 0. The van der Waals surface area contributed by atoms with E-state index in [1.807, 2.05) is 4.90 Å². The van der Waals surface area contributed by atoms with Crippen molar-refractivity contribution in [2.24, 2.45) is 11.8 Å². The zero-order chi connectivity index (χ0) is 17.2. The average molecular weight is 342 g/mol. The predicted octanol–water partition coefficient (Wildman–Crippen LogP) is 3.44. The van der Waals surface area contributed by atoms with E-state index in [2.05, 4.69) is 21.8 Å². The van der Waals surface area contributed by atoms with Crippen molar-refractivity contribution in [2.45, 2.75) is 38.8 Å². The summed E-state index contributed by atoms with van der Waals surface area (Å²) in [4.78, 5) is 12.2. The standard InChI is InChI=1S/C17H25F3N4/c1-13-5-9-23(10-6-13)11-14-3-2-8-24(12-14)16-21-7-4-15(22-16)17(18,19)20/h4,7,13-14H,2-3,5-6,8-12H2,1H3. The lowest BCUT2D eigenvalue weighted by Crippen LogP contribution is -2.43. The molecule has 3 rings (SSSR count). The molecule has 0 radical (unpaired) electrons. The maximum Gasteiger partial charge on any atom is 0.433 e. The Morgan fingerprint density at radius 2 is 1.92 bits per heavy atom. The lowest BCUT2D eigenvalue weighted by atomic mass is 9.94. The molecule has 2 aliphatic rings. The van der Waals surface area contributed by atoms with Crippen LogP contribution in [0.25, 0.3) is 0 Å². The molecule has 2 aliphatic heterocycles. The van der Waals surface area contributed by atoms with Gasteiger partial charge in [-0.25, -0.2) is 9.97 Å². The topological polar surface area (TPSA) is 32.3 Å². The average Bonchev–Trinajstić information content (AvgIpc) is 2.57. The number of nitrogens with zero attached hydrogens (tertiary/aromatic N) is 4. The number of hydrogen-bond donors (Lipinski definition) is 0. The summed E-state index contributed by atoms with van der Waals surface area (Å²) in [5, 5.41) is 0. The van der Waals surface area contributed by atoms with Gasteiger partial charge < -0.3 is 9.80 Å². The number of aromatic nitrogens is 2. The fourth-order valence-electron chi connectivity index (χ4n) is 3.66. The van der Waals surface area contributed by atoms with Crippen LogP contribution in [0.15, 0.2) is 12.3 Å². The van der Waals surface area contributed by atoms with Crippen LogP contribution in [-0.2, 0) is 6.18 Å². The van der Waals surface area contributed by atoms with Crippen molar-refractivity contribution in [1.82, 2.24) is 14.9 Å². The molecule has 0 bridgehead atoms. The van der Waals surface area contributed by atoms with Gasteiger partial charge >= 0.3 is 6.18 Å². The highest BCUT2D eigenvalue weighted by Gasteiger charge is 2.34. The minimum atomic E-state index is -4.42. The first-order chi connectivity index (χ1) is 11.4. The molecule has 0 spiro atoms. The van der Waals surface area contributed by atoms with E-state index in [-0.39, 0.29) is 5.95 Å². The Balaban J connectivity index is 1.61. The third-order valence-corrected chi connectivity index (χ3v) is 5.13. The maximum atomic E-state index is 12.8. The molecule has 134 valence electrons. The van der Waals surface area contributed by atoms with Gasteiger partial charge in [0.25, 0.3) is 0 Å². The molecule has 24 heavy (non-hydrogen) atoms. The van der Waals surface area contributed by atoms with Crippen molar-refractivity contribution in [3.8, 4) is 0 Å². The van der Waals surface area contributed by atoms with Gasteiger partial charge in [0.2, 0.25) is 5.95 Å². The zero-order valence-corrected chi connectivity index (χ0v) is 14.1. The van der Waals surface area contributed by atoms with Gasteiger partial charge in [0.15, 0.2) is 0 Å². The van der Waals surface area contributed by atoms with E-state index in [4.69, 9.17) is 0 Å². The highest BCUT2D eigenvalue weighted by molar-refractivity contribution is 5.31. The Morgan fingerprint density at radius 3 is 2.62 bits per heavy atom. The number of piperidine rings is 2.